The lowest BCUT2D eigenvalue weighted by Crippen LogP contribution is -2.09. The predicted molar refractivity (Wildman–Crippen MR) is 73.2 cm³/mol. The number of aryl methyl sites for hydroxylation is 1. The summed E-state index contributed by atoms with van der Waals surface area (Å²) in [6.45, 7) is 3.67. The van der Waals surface area contributed by atoms with Crippen molar-refractivity contribution in [1.82, 2.24) is 9.55 Å². The average molecular weight is 295 g/mol. The standard InChI is InChI=1S/C14H15F2N3O2/c1-3-11-18-12(14(20)21-4-2)13(17)19(11)8-5-6-9(15)10(16)7-8/h5-7H,3-4,17H2,1-2H3. The quantitative estimate of drug-likeness (QED) is 0.880. The molecule has 0 aliphatic rings. The van der Waals surface area contributed by atoms with Crippen LogP contribution in [0.1, 0.15) is 30.2 Å². The molecule has 0 aliphatic heterocycles. The summed E-state index contributed by atoms with van der Waals surface area (Å²) in [7, 11) is 0. The molecule has 5 nitrogen and oxygen atoms in total. The van der Waals surface area contributed by atoms with Crippen LogP contribution in [0, 0.1) is 11.6 Å². The molecule has 2 aromatic rings. The van der Waals surface area contributed by atoms with Crippen molar-refractivity contribution in [2.24, 2.45) is 0 Å². The molecule has 0 unspecified atom stereocenters. The first-order valence-corrected chi connectivity index (χ1v) is 6.49. The maximum Gasteiger partial charge on any atom is 0.360 e. The number of nitrogens with two attached hydrogens (primary N) is 1. The molecule has 2 rings (SSSR count). The lowest BCUT2D eigenvalue weighted by atomic mass is 10.3. The van der Waals surface area contributed by atoms with Crippen molar-refractivity contribution in [3.8, 4) is 5.69 Å². The first-order chi connectivity index (χ1) is 9.99. The summed E-state index contributed by atoms with van der Waals surface area (Å²) in [6, 6.07) is 3.36. The Morgan fingerprint density at radius 3 is 2.62 bits per heavy atom. The van der Waals surface area contributed by atoms with E-state index in [0.717, 1.165) is 12.1 Å². The van der Waals surface area contributed by atoms with Gasteiger partial charge in [0.1, 0.15) is 11.6 Å². The molecule has 0 aliphatic carbocycles. The monoisotopic (exact) mass is 295 g/mol. The molecule has 0 bridgehead atoms. The number of hydrogen-bond donors (Lipinski definition) is 1. The molecule has 1 aromatic heterocycles. The van der Waals surface area contributed by atoms with E-state index in [2.05, 4.69) is 4.98 Å². The summed E-state index contributed by atoms with van der Waals surface area (Å²) in [4.78, 5) is 15.9. The molecular formula is C14H15F2N3O2. The largest absolute Gasteiger partial charge is 0.461 e. The fraction of sp³-hybridized carbons (Fsp3) is 0.286. The Bertz CT molecular complexity index is 683. The first-order valence-electron chi connectivity index (χ1n) is 6.49. The molecule has 1 aromatic carbocycles. The lowest BCUT2D eigenvalue weighted by Gasteiger charge is -2.09. The molecule has 0 radical (unpaired) electrons. The fourth-order valence-corrected chi connectivity index (χ4v) is 1.98. The van der Waals surface area contributed by atoms with Crippen molar-refractivity contribution in [1.29, 1.82) is 0 Å². The fourth-order valence-electron chi connectivity index (χ4n) is 1.98. The second-order valence-corrected chi connectivity index (χ2v) is 4.27. The van der Waals surface area contributed by atoms with E-state index in [-0.39, 0.29) is 18.1 Å². The van der Waals surface area contributed by atoms with Crippen LogP contribution in [0.2, 0.25) is 0 Å². The van der Waals surface area contributed by atoms with Gasteiger partial charge in [-0.25, -0.2) is 18.6 Å². The topological polar surface area (TPSA) is 70.1 Å². The van der Waals surface area contributed by atoms with Gasteiger partial charge in [-0.05, 0) is 19.1 Å². The Morgan fingerprint density at radius 1 is 1.33 bits per heavy atom. The summed E-state index contributed by atoms with van der Waals surface area (Å²) in [6.07, 6.45) is 0.461. The van der Waals surface area contributed by atoms with Crippen LogP contribution in [0.3, 0.4) is 0 Å². The number of anilines is 1. The van der Waals surface area contributed by atoms with Crippen LogP contribution in [0.5, 0.6) is 0 Å². The summed E-state index contributed by atoms with van der Waals surface area (Å²) in [5.74, 6) is -2.11. The molecule has 2 N–H and O–H groups in total. The number of nitrogen functional groups attached to an aromatic ring is 1. The third-order valence-electron chi connectivity index (χ3n) is 2.93. The first kappa shape index (κ1) is 15.0. The molecule has 0 saturated carbocycles. The maximum atomic E-state index is 13.4. The summed E-state index contributed by atoms with van der Waals surface area (Å²) < 4.78 is 32.7. The van der Waals surface area contributed by atoms with Crippen LogP contribution >= 0.6 is 0 Å². The van der Waals surface area contributed by atoms with Crippen LogP contribution in [0.4, 0.5) is 14.6 Å². The Labute approximate surface area is 120 Å². The number of nitrogens with zero attached hydrogens (tertiary/aromatic N) is 2. The molecule has 0 amide bonds. The Hall–Kier alpha value is -2.44. The van der Waals surface area contributed by atoms with Gasteiger partial charge < -0.3 is 10.5 Å². The zero-order chi connectivity index (χ0) is 15.6. The smallest absolute Gasteiger partial charge is 0.360 e. The van der Waals surface area contributed by atoms with Crippen molar-refractivity contribution < 1.29 is 18.3 Å². The van der Waals surface area contributed by atoms with Crippen molar-refractivity contribution >= 4 is 11.8 Å². The van der Waals surface area contributed by atoms with E-state index in [4.69, 9.17) is 10.5 Å². The van der Waals surface area contributed by atoms with E-state index in [1.807, 2.05) is 6.92 Å². The number of imidazole rings is 1. The van der Waals surface area contributed by atoms with Gasteiger partial charge >= 0.3 is 5.97 Å². The van der Waals surface area contributed by atoms with Gasteiger partial charge in [-0.3, -0.25) is 4.57 Å². The van der Waals surface area contributed by atoms with Gasteiger partial charge in [-0.1, -0.05) is 6.92 Å². The summed E-state index contributed by atoms with van der Waals surface area (Å²) >= 11 is 0. The van der Waals surface area contributed by atoms with E-state index < -0.39 is 17.6 Å². The zero-order valence-corrected chi connectivity index (χ0v) is 11.7. The minimum absolute atomic E-state index is 0.0292. The SMILES string of the molecule is CCOC(=O)c1nc(CC)n(-c2ccc(F)c(F)c2)c1N. The number of rotatable bonds is 4. The number of halogens is 2. The molecule has 0 spiro atoms. The molecule has 0 fully saturated rings. The van der Waals surface area contributed by atoms with Crippen molar-refractivity contribution in [3.63, 3.8) is 0 Å². The van der Waals surface area contributed by atoms with E-state index in [9.17, 15) is 13.6 Å². The minimum Gasteiger partial charge on any atom is -0.461 e. The highest BCUT2D eigenvalue weighted by Crippen LogP contribution is 2.23. The Balaban J connectivity index is 2.57. The highest BCUT2D eigenvalue weighted by atomic mass is 19.2. The normalized spacial score (nSPS) is 10.7. The van der Waals surface area contributed by atoms with Gasteiger partial charge in [0, 0.05) is 12.5 Å². The number of benzene rings is 1. The number of carbonyl (C=O) groups excluding carboxylic acids is 1. The number of aromatic nitrogens is 2. The van der Waals surface area contributed by atoms with Crippen molar-refractivity contribution in [2.75, 3.05) is 12.3 Å². The number of esters is 1. The third-order valence-corrected chi connectivity index (χ3v) is 2.93. The van der Waals surface area contributed by atoms with Gasteiger partial charge in [-0.15, -0.1) is 0 Å². The molecular weight excluding hydrogens is 280 g/mol. The second-order valence-electron chi connectivity index (χ2n) is 4.27. The molecule has 21 heavy (non-hydrogen) atoms. The van der Waals surface area contributed by atoms with Gasteiger partial charge in [0.2, 0.25) is 0 Å². The van der Waals surface area contributed by atoms with Crippen LogP contribution in [-0.4, -0.2) is 22.1 Å². The Kier molecular flexibility index (Phi) is 4.21. The van der Waals surface area contributed by atoms with Crippen molar-refractivity contribution in [2.45, 2.75) is 20.3 Å². The average Bonchev–Trinajstić information content (AvgIpc) is 2.79. The molecule has 112 valence electrons. The minimum atomic E-state index is -1.000. The van der Waals surface area contributed by atoms with E-state index in [1.54, 1.807) is 6.92 Å². The summed E-state index contributed by atoms with van der Waals surface area (Å²) in [5.41, 5.74) is 6.18. The van der Waals surface area contributed by atoms with Crippen LogP contribution in [-0.2, 0) is 11.2 Å². The number of carbonyl (C=O) groups is 1. The van der Waals surface area contributed by atoms with Gasteiger partial charge in [0.25, 0.3) is 0 Å². The van der Waals surface area contributed by atoms with E-state index in [0.29, 0.717) is 17.9 Å². The van der Waals surface area contributed by atoms with Crippen molar-refractivity contribution in [3.05, 3.63) is 41.4 Å². The molecule has 0 saturated heterocycles. The number of hydrogen-bond acceptors (Lipinski definition) is 4. The highest BCUT2D eigenvalue weighted by molar-refractivity contribution is 5.92. The zero-order valence-electron chi connectivity index (χ0n) is 11.7. The van der Waals surface area contributed by atoms with E-state index in [1.165, 1.54) is 10.6 Å². The van der Waals surface area contributed by atoms with E-state index >= 15 is 0 Å². The molecule has 1 heterocycles. The lowest BCUT2D eigenvalue weighted by molar-refractivity contribution is 0.0521. The van der Waals surface area contributed by atoms with Crippen LogP contribution in [0.15, 0.2) is 18.2 Å². The molecule has 7 heteroatoms. The maximum absolute atomic E-state index is 13.4. The summed E-state index contributed by atoms with van der Waals surface area (Å²) in [5, 5.41) is 0. The highest BCUT2D eigenvalue weighted by Gasteiger charge is 2.22. The molecule has 0 atom stereocenters. The van der Waals surface area contributed by atoms with Gasteiger partial charge in [-0.2, -0.15) is 0 Å². The van der Waals surface area contributed by atoms with Crippen LogP contribution < -0.4 is 5.73 Å². The number of ether oxygens (including phenoxy) is 1. The Morgan fingerprint density at radius 2 is 2.05 bits per heavy atom. The predicted octanol–water partition coefficient (Wildman–Crippen LogP) is 2.47. The van der Waals surface area contributed by atoms with Gasteiger partial charge in [0.05, 0.1) is 12.3 Å². The second kappa shape index (κ2) is 5.90. The van der Waals surface area contributed by atoms with Crippen LogP contribution in [0.25, 0.3) is 5.69 Å². The third kappa shape index (κ3) is 2.72. The van der Waals surface area contributed by atoms with Gasteiger partial charge in [0.15, 0.2) is 17.3 Å².